The van der Waals surface area contributed by atoms with Crippen molar-refractivity contribution in [2.24, 2.45) is 0 Å². The third-order valence-corrected chi connectivity index (χ3v) is 2.66. The van der Waals surface area contributed by atoms with Crippen molar-refractivity contribution in [2.45, 2.75) is 26.3 Å². The summed E-state index contributed by atoms with van der Waals surface area (Å²) < 4.78 is 10.3. The van der Waals surface area contributed by atoms with Crippen molar-refractivity contribution in [1.29, 1.82) is 0 Å². The molecule has 4 nitrogen and oxygen atoms in total. The van der Waals surface area contributed by atoms with E-state index in [1.807, 2.05) is 13.8 Å². The maximum absolute atomic E-state index is 11.8. The first-order chi connectivity index (χ1) is 8.67. The number of hydrogen-bond donors (Lipinski definition) is 1. The van der Waals surface area contributed by atoms with Crippen LogP contribution in [0.3, 0.4) is 0 Å². The van der Waals surface area contributed by atoms with E-state index in [9.17, 15) is 4.79 Å². The van der Waals surface area contributed by atoms with Crippen molar-refractivity contribution >= 4 is 5.91 Å². The van der Waals surface area contributed by atoms with E-state index in [0.29, 0.717) is 18.8 Å². The van der Waals surface area contributed by atoms with Crippen molar-refractivity contribution in [2.75, 3.05) is 20.3 Å². The van der Waals surface area contributed by atoms with E-state index in [1.54, 1.807) is 31.4 Å². The number of carbonyl (C=O) groups is 1. The van der Waals surface area contributed by atoms with Crippen molar-refractivity contribution in [3.8, 4) is 5.75 Å². The van der Waals surface area contributed by atoms with E-state index >= 15 is 0 Å². The Hall–Kier alpha value is -1.55. The van der Waals surface area contributed by atoms with Gasteiger partial charge in [-0.1, -0.05) is 6.92 Å². The number of methoxy groups -OCH3 is 1. The van der Waals surface area contributed by atoms with Gasteiger partial charge >= 0.3 is 0 Å². The van der Waals surface area contributed by atoms with Crippen LogP contribution in [0.5, 0.6) is 5.75 Å². The molecule has 0 aromatic heterocycles. The van der Waals surface area contributed by atoms with Crippen LogP contribution in [-0.2, 0) is 4.74 Å². The summed E-state index contributed by atoms with van der Waals surface area (Å²) in [6.45, 7) is 5.09. The van der Waals surface area contributed by atoms with Gasteiger partial charge in [-0.05, 0) is 37.6 Å². The lowest BCUT2D eigenvalue weighted by Gasteiger charge is -2.11. The molecule has 100 valence electrons. The van der Waals surface area contributed by atoms with Crippen molar-refractivity contribution in [3.05, 3.63) is 29.8 Å². The highest BCUT2D eigenvalue weighted by molar-refractivity contribution is 5.94. The van der Waals surface area contributed by atoms with Gasteiger partial charge in [0.2, 0.25) is 0 Å². The summed E-state index contributed by atoms with van der Waals surface area (Å²) in [5.41, 5.74) is 0.648. The van der Waals surface area contributed by atoms with E-state index in [4.69, 9.17) is 9.47 Å². The molecule has 1 atom stereocenters. The topological polar surface area (TPSA) is 47.6 Å². The molecule has 1 rings (SSSR count). The smallest absolute Gasteiger partial charge is 0.251 e. The molecule has 0 aliphatic heterocycles. The summed E-state index contributed by atoms with van der Waals surface area (Å²) in [6, 6.07) is 7.30. The van der Waals surface area contributed by atoms with Gasteiger partial charge < -0.3 is 14.8 Å². The molecule has 0 aliphatic rings. The molecular formula is C14H21NO3. The van der Waals surface area contributed by atoms with E-state index in [0.717, 1.165) is 12.2 Å². The highest BCUT2D eigenvalue weighted by Crippen LogP contribution is 2.12. The first kappa shape index (κ1) is 14.5. The normalized spacial score (nSPS) is 11.9. The summed E-state index contributed by atoms with van der Waals surface area (Å²) >= 11 is 0. The second-order valence-electron chi connectivity index (χ2n) is 4.15. The third-order valence-electron chi connectivity index (χ3n) is 2.66. The average molecular weight is 251 g/mol. The molecule has 1 aromatic rings. The number of hydrogen-bond acceptors (Lipinski definition) is 3. The molecule has 4 heteroatoms. The standard InChI is InChI=1S/C14H21NO3/c1-4-11(2)15-14(16)12-5-7-13(8-6-12)18-10-9-17-3/h5-8,11H,4,9-10H2,1-3H3,(H,15,16)/t11-/m1/s1. The van der Waals surface area contributed by atoms with Gasteiger partial charge in [-0.15, -0.1) is 0 Å². The van der Waals surface area contributed by atoms with Crippen LogP contribution < -0.4 is 10.1 Å². The number of rotatable bonds is 7. The predicted octanol–water partition coefficient (Wildman–Crippen LogP) is 2.24. The van der Waals surface area contributed by atoms with E-state index in [2.05, 4.69) is 5.32 Å². The Kier molecular flexibility index (Phi) is 6.22. The average Bonchev–Trinajstić information content (AvgIpc) is 2.39. The SMILES string of the molecule is CC[C@@H](C)NC(=O)c1ccc(OCCOC)cc1. The molecule has 0 bridgehead atoms. The summed E-state index contributed by atoms with van der Waals surface area (Å²) in [5.74, 6) is 0.694. The molecule has 0 saturated carbocycles. The van der Waals surface area contributed by atoms with Gasteiger partial charge in [0.05, 0.1) is 6.61 Å². The van der Waals surface area contributed by atoms with Gasteiger partial charge in [-0.25, -0.2) is 0 Å². The molecule has 0 radical (unpaired) electrons. The fourth-order valence-electron chi connectivity index (χ4n) is 1.35. The second kappa shape index (κ2) is 7.71. The lowest BCUT2D eigenvalue weighted by Crippen LogP contribution is -2.31. The fraction of sp³-hybridized carbons (Fsp3) is 0.500. The zero-order valence-corrected chi connectivity index (χ0v) is 11.2. The van der Waals surface area contributed by atoms with Crippen LogP contribution in [0.15, 0.2) is 24.3 Å². The van der Waals surface area contributed by atoms with Crippen LogP contribution in [0.1, 0.15) is 30.6 Å². The van der Waals surface area contributed by atoms with Gasteiger partial charge in [0.1, 0.15) is 12.4 Å². The molecule has 0 spiro atoms. The van der Waals surface area contributed by atoms with E-state index in [1.165, 1.54) is 0 Å². The molecule has 0 fully saturated rings. The Morgan fingerprint density at radius 3 is 2.50 bits per heavy atom. The van der Waals surface area contributed by atoms with Crippen molar-refractivity contribution in [1.82, 2.24) is 5.32 Å². The van der Waals surface area contributed by atoms with Gasteiger partial charge in [0, 0.05) is 18.7 Å². The first-order valence-corrected chi connectivity index (χ1v) is 6.20. The fourth-order valence-corrected chi connectivity index (χ4v) is 1.35. The highest BCUT2D eigenvalue weighted by Gasteiger charge is 2.08. The molecule has 0 unspecified atom stereocenters. The summed E-state index contributed by atoms with van der Waals surface area (Å²) in [6.07, 6.45) is 0.921. The van der Waals surface area contributed by atoms with Crippen LogP contribution in [0.25, 0.3) is 0 Å². The summed E-state index contributed by atoms with van der Waals surface area (Å²) in [7, 11) is 1.63. The minimum atomic E-state index is -0.0483. The molecule has 1 amide bonds. The Labute approximate surface area is 108 Å². The quantitative estimate of drug-likeness (QED) is 0.756. The van der Waals surface area contributed by atoms with Crippen LogP contribution in [0, 0.1) is 0 Å². The molecule has 0 saturated heterocycles. The molecule has 1 aromatic carbocycles. The molecule has 1 N–H and O–H groups in total. The highest BCUT2D eigenvalue weighted by atomic mass is 16.5. The number of ether oxygens (including phenoxy) is 2. The minimum Gasteiger partial charge on any atom is -0.491 e. The zero-order chi connectivity index (χ0) is 13.4. The van der Waals surface area contributed by atoms with Crippen LogP contribution in [0.2, 0.25) is 0 Å². The summed E-state index contributed by atoms with van der Waals surface area (Å²) in [4.78, 5) is 11.8. The zero-order valence-electron chi connectivity index (χ0n) is 11.2. The van der Waals surface area contributed by atoms with Crippen LogP contribution in [0.4, 0.5) is 0 Å². The van der Waals surface area contributed by atoms with Crippen LogP contribution in [-0.4, -0.2) is 32.3 Å². The van der Waals surface area contributed by atoms with Gasteiger partial charge in [0.25, 0.3) is 5.91 Å². The van der Waals surface area contributed by atoms with E-state index < -0.39 is 0 Å². The molecule has 18 heavy (non-hydrogen) atoms. The van der Waals surface area contributed by atoms with Crippen molar-refractivity contribution in [3.63, 3.8) is 0 Å². The Balaban J connectivity index is 2.51. The third kappa shape index (κ3) is 4.75. The van der Waals surface area contributed by atoms with Crippen LogP contribution >= 0.6 is 0 Å². The number of carbonyl (C=O) groups excluding carboxylic acids is 1. The molecule has 0 heterocycles. The lowest BCUT2D eigenvalue weighted by molar-refractivity contribution is 0.0939. The predicted molar refractivity (Wildman–Crippen MR) is 71.0 cm³/mol. The first-order valence-electron chi connectivity index (χ1n) is 6.20. The Morgan fingerprint density at radius 1 is 1.28 bits per heavy atom. The number of benzene rings is 1. The Morgan fingerprint density at radius 2 is 1.94 bits per heavy atom. The largest absolute Gasteiger partial charge is 0.491 e. The molecular weight excluding hydrogens is 230 g/mol. The lowest BCUT2D eigenvalue weighted by atomic mass is 10.2. The van der Waals surface area contributed by atoms with Gasteiger partial charge in [0.15, 0.2) is 0 Å². The molecule has 0 aliphatic carbocycles. The van der Waals surface area contributed by atoms with E-state index in [-0.39, 0.29) is 11.9 Å². The minimum absolute atomic E-state index is 0.0483. The second-order valence-corrected chi connectivity index (χ2v) is 4.15. The Bertz CT molecular complexity index is 362. The van der Waals surface area contributed by atoms with Crippen molar-refractivity contribution < 1.29 is 14.3 Å². The van der Waals surface area contributed by atoms with Gasteiger partial charge in [-0.3, -0.25) is 4.79 Å². The van der Waals surface area contributed by atoms with Gasteiger partial charge in [-0.2, -0.15) is 0 Å². The monoisotopic (exact) mass is 251 g/mol. The number of nitrogens with one attached hydrogen (secondary N) is 1. The maximum atomic E-state index is 11.8. The number of amides is 1. The summed E-state index contributed by atoms with van der Waals surface area (Å²) in [5, 5.41) is 2.92. The maximum Gasteiger partial charge on any atom is 0.251 e.